The van der Waals surface area contributed by atoms with Gasteiger partial charge in [0.15, 0.2) is 0 Å². The van der Waals surface area contributed by atoms with Crippen LogP contribution in [0.15, 0.2) is 42.5 Å². The van der Waals surface area contributed by atoms with Gasteiger partial charge in [-0.05, 0) is 28.2 Å². The van der Waals surface area contributed by atoms with Crippen molar-refractivity contribution in [1.82, 2.24) is 0 Å². The molecule has 0 spiro atoms. The Hall–Kier alpha value is -1.67. The maximum atomic E-state index is 13.7. The molecule has 2 rings (SSSR count). The molecule has 0 saturated heterocycles. The number of hydrogen-bond donors (Lipinski definition) is 1. The first kappa shape index (κ1) is 13.8. The summed E-state index contributed by atoms with van der Waals surface area (Å²) in [7, 11) is 0. The Balaban J connectivity index is 2.35. The Kier molecular flexibility index (Phi) is 3.72. The summed E-state index contributed by atoms with van der Waals surface area (Å²) in [6.07, 6.45) is 0. The molecule has 0 fully saturated rings. The molecule has 0 saturated carbocycles. The van der Waals surface area contributed by atoms with E-state index in [1.165, 1.54) is 5.56 Å². The van der Waals surface area contributed by atoms with Gasteiger partial charge in [-0.25, -0.2) is 4.39 Å². The van der Waals surface area contributed by atoms with Crippen LogP contribution in [0.1, 0.15) is 31.9 Å². The molecule has 2 aromatic rings. The van der Waals surface area contributed by atoms with Gasteiger partial charge in [0, 0.05) is 12.1 Å². The third-order valence-electron chi connectivity index (χ3n) is 3.36. The molecule has 2 N–H and O–H groups in total. The normalized spacial score (nSPS) is 11.6. The van der Waals surface area contributed by atoms with Crippen molar-refractivity contribution in [2.45, 2.75) is 32.7 Å². The van der Waals surface area contributed by atoms with Crippen LogP contribution in [0.5, 0.6) is 0 Å². The average molecular weight is 257 g/mol. The van der Waals surface area contributed by atoms with Crippen molar-refractivity contribution in [1.29, 1.82) is 0 Å². The van der Waals surface area contributed by atoms with Gasteiger partial charge in [-0.2, -0.15) is 0 Å². The van der Waals surface area contributed by atoms with Crippen LogP contribution < -0.4 is 5.73 Å². The number of halogens is 1. The largest absolute Gasteiger partial charge is 0.326 e. The van der Waals surface area contributed by atoms with Crippen molar-refractivity contribution >= 4 is 0 Å². The Labute approximate surface area is 114 Å². The van der Waals surface area contributed by atoms with E-state index >= 15 is 0 Å². The molecule has 0 heterocycles. The molecule has 0 aromatic heterocycles. The van der Waals surface area contributed by atoms with Crippen LogP contribution in [0.25, 0.3) is 11.1 Å². The third kappa shape index (κ3) is 3.02. The summed E-state index contributed by atoms with van der Waals surface area (Å²) in [5.41, 5.74) is 9.33. The van der Waals surface area contributed by atoms with Crippen LogP contribution in [-0.4, -0.2) is 0 Å². The van der Waals surface area contributed by atoms with E-state index in [-0.39, 0.29) is 17.8 Å². The van der Waals surface area contributed by atoms with Gasteiger partial charge in [0.1, 0.15) is 5.82 Å². The van der Waals surface area contributed by atoms with E-state index in [0.29, 0.717) is 5.56 Å². The quantitative estimate of drug-likeness (QED) is 0.855. The number of benzene rings is 2. The summed E-state index contributed by atoms with van der Waals surface area (Å²) in [5.74, 6) is -0.236. The van der Waals surface area contributed by atoms with E-state index < -0.39 is 0 Å². The molecule has 0 aliphatic rings. The predicted octanol–water partition coefficient (Wildman–Crippen LogP) is 4.25. The molecule has 0 aliphatic carbocycles. The minimum atomic E-state index is -0.236. The van der Waals surface area contributed by atoms with Gasteiger partial charge in [0.05, 0.1) is 0 Å². The van der Waals surface area contributed by atoms with Crippen molar-refractivity contribution in [2.24, 2.45) is 5.73 Å². The first-order valence-corrected chi connectivity index (χ1v) is 6.51. The summed E-state index contributed by atoms with van der Waals surface area (Å²) in [5, 5.41) is 0. The minimum absolute atomic E-state index is 0.132. The van der Waals surface area contributed by atoms with Gasteiger partial charge in [-0.15, -0.1) is 0 Å². The Morgan fingerprint density at radius 3 is 2.00 bits per heavy atom. The lowest BCUT2D eigenvalue weighted by molar-refractivity contribution is 0.590. The molecule has 19 heavy (non-hydrogen) atoms. The summed E-state index contributed by atoms with van der Waals surface area (Å²) in [6, 6.07) is 13.5. The first-order chi connectivity index (χ1) is 8.91. The highest BCUT2D eigenvalue weighted by atomic mass is 19.1. The van der Waals surface area contributed by atoms with Crippen LogP contribution in [0.4, 0.5) is 4.39 Å². The second-order valence-corrected chi connectivity index (χ2v) is 5.84. The minimum Gasteiger partial charge on any atom is -0.326 e. The zero-order valence-corrected chi connectivity index (χ0v) is 11.7. The van der Waals surface area contributed by atoms with E-state index in [9.17, 15) is 4.39 Å². The average Bonchev–Trinajstić information content (AvgIpc) is 2.38. The van der Waals surface area contributed by atoms with E-state index in [1.54, 1.807) is 12.1 Å². The van der Waals surface area contributed by atoms with Crippen LogP contribution in [-0.2, 0) is 12.0 Å². The first-order valence-electron chi connectivity index (χ1n) is 6.51. The van der Waals surface area contributed by atoms with Gasteiger partial charge >= 0.3 is 0 Å². The summed E-state index contributed by atoms with van der Waals surface area (Å²) < 4.78 is 13.7. The molecule has 1 nitrogen and oxygen atoms in total. The van der Waals surface area contributed by atoms with E-state index in [2.05, 4.69) is 32.9 Å². The topological polar surface area (TPSA) is 26.0 Å². The maximum Gasteiger partial charge on any atom is 0.128 e. The fraction of sp³-hybridized carbons (Fsp3) is 0.294. The molecular weight excluding hydrogens is 237 g/mol. The number of rotatable bonds is 2. The van der Waals surface area contributed by atoms with Gasteiger partial charge in [-0.3, -0.25) is 0 Å². The van der Waals surface area contributed by atoms with Crippen molar-refractivity contribution in [3.8, 4) is 11.1 Å². The zero-order valence-electron chi connectivity index (χ0n) is 11.7. The Bertz CT molecular complexity index is 565. The molecule has 0 radical (unpaired) electrons. The number of nitrogens with two attached hydrogens (primary N) is 1. The molecule has 2 heteroatoms. The molecule has 100 valence electrons. The van der Waals surface area contributed by atoms with Gasteiger partial charge in [-0.1, -0.05) is 57.2 Å². The van der Waals surface area contributed by atoms with Crippen molar-refractivity contribution in [3.05, 3.63) is 59.4 Å². The van der Waals surface area contributed by atoms with Crippen LogP contribution in [0.2, 0.25) is 0 Å². The zero-order chi connectivity index (χ0) is 14.0. The van der Waals surface area contributed by atoms with Gasteiger partial charge in [0.2, 0.25) is 0 Å². The van der Waals surface area contributed by atoms with E-state index in [4.69, 9.17) is 5.73 Å². The molecular formula is C17H20FN. The van der Waals surface area contributed by atoms with Gasteiger partial charge < -0.3 is 5.73 Å². The number of hydrogen-bond acceptors (Lipinski definition) is 1. The molecule has 0 aliphatic heterocycles. The highest BCUT2D eigenvalue weighted by Gasteiger charge is 2.13. The monoisotopic (exact) mass is 257 g/mol. The Morgan fingerprint density at radius 1 is 0.947 bits per heavy atom. The summed E-state index contributed by atoms with van der Waals surface area (Å²) in [4.78, 5) is 0. The lowest BCUT2D eigenvalue weighted by Crippen LogP contribution is -2.10. The highest BCUT2D eigenvalue weighted by molar-refractivity contribution is 5.64. The SMILES string of the molecule is CC(C)(C)c1ccc(-c2ccc(CN)c(F)c2)cc1. The van der Waals surface area contributed by atoms with Crippen molar-refractivity contribution in [3.63, 3.8) is 0 Å². The third-order valence-corrected chi connectivity index (χ3v) is 3.36. The van der Waals surface area contributed by atoms with Crippen LogP contribution in [0, 0.1) is 5.82 Å². The lowest BCUT2D eigenvalue weighted by Gasteiger charge is -2.19. The highest BCUT2D eigenvalue weighted by Crippen LogP contribution is 2.27. The molecule has 0 atom stereocenters. The molecule has 2 aromatic carbocycles. The predicted molar refractivity (Wildman–Crippen MR) is 78.4 cm³/mol. The second-order valence-electron chi connectivity index (χ2n) is 5.84. The molecule has 0 bridgehead atoms. The fourth-order valence-corrected chi connectivity index (χ4v) is 2.06. The van der Waals surface area contributed by atoms with Crippen LogP contribution in [0.3, 0.4) is 0 Å². The maximum absolute atomic E-state index is 13.7. The second kappa shape index (κ2) is 5.14. The Morgan fingerprint density at radius 2 is 1.53 bits per heavy atom. The standard InChI is InChI=1S/C17H20FN/c1-17(2,3)15-8-6-12(7-9-15)13-4-5-14(11-19)16(18)10-13/h4-10H,11,19H2,1-3H3. The lowest BCUT2D eigenvalue weighted by atomic mass is 9.86. The van der Waals surface area contributed by atoms with E-state index in [0.717, 1.165) is 11.1 Å². The van der Waals surface area contributed by atoms with Crippen molar-refractivity contribution in [2.75, 3.05) is 0 Å². The summed E-state index contributed by atoms with van der Waals surface area (Å²) >= 11 is 0. The van der Waals surface area contributed by atoms with E-state index in [1.807, 2.05) is 18.2 Å². The van der Waals surface area contributed by atoms with Crippen LogP contribution >= 0.6 is 0 Å². The smallest absolute Gasteiger partial charge is 0.128 e. The molecule has 0 amide bonds. The molecule has 0 unspecified atom stereocenters. The van der Waals surface area contributed by atoms with Crippen molar-refractivity contribution < 1.29 is 4.39 Å². The summed E-state index contributed by atoms with van der Waals surface area (Å²) in [6.45, 7) is 6.77. The van der Waals surface area contributed by atoms with Gasteiger partial charge in [0.25, 0.3) is 0 Å². The fourth-order valence-electron chi connectivity index (χ4n) is 2.06.